The number of phenolic OH excluding ortho intramolecular Hbond substituents is 1. The van der Waals surface area contributed by atoms with Gasteiger partial charge in [-0.2, -0.15) is 18.2 Å². The number of aliphatic hydroxyl groups excluding tert-OH is 1. The molecular formula is C27H29F3N4O4. The molecule has 2 N–H and O–H groups in total. The van der Waals surface area contributed by atoms with Gasteiger partial charge in [-0.15, -0.1) is 5.10 Å². The van der Waals surface area contributed by atoms with Gasteiger partial charge in [-0.25, -0.2) is 14.3 Å². The molecule has 0 amide bonds. The number of alkyl halides is 3. The topological polar surface area (TPSA) is 110 Å². The molecule has 1 aliphatic carbocycles. The Balaban J connectivity index is 1.41. The molecule has 0 spiro atoms. The third kappa shape index (κ3) is 4.93. The number of aromatic nitrogens is 4. The van der Waals surface area contributed by atoms with Crippen LogP contribution in [0, 0.1) is 19.8 Å². The average molecular weight is 531 g/mol. The number of benzene rings is 1. The van der Waals surface area contributed by atoms with E-state index in [9.17, 15) is 28.2 Å². The molecule has 0 saturated heterocycles. The van der Waals surface area contributed by atoms with Gasteiger partial charge in [-0.05, 0) is 69.2 Å². The Kier molecular flexibility index (Phi) is 6.56. The lowest BCUT2D eigenvalue weighted by Gasteiger charge is -2.41. The summed E-state index contributed by atoms with van der Waals surface area (Å²) in [5, 5.41) is 25.2. The van der Waals surface area contributed by atoms with Gasteiger partial charge < -0.3 is 14.9 Å². The fraction of sp³-hybridized carbons (Fsp3) is 0.481. The standard InChI is InChI=1S/C27H29F3N4O4/c1-15-11-16(2)34-25(31-15)32-23(33-34)13-19-22(36)14-26(38-24(19)37,18-5-3-4-6-18)10-9-17-7-8-21(35)20(12-17)27(28,29)30/h7-8,11-12,18,35-36H,3-6,9-10,13-14H2,1-2H3. The van der Waals surface area contributed by atoms with Crippen molar-refractivity contribution in [2.24, 2.45) is 5.92 Å². The summed E-state index contributed by atoms with van der Waals surface area (Å²) in [6, 6.07) is 5.25. The van der Waals surface area contributed by atoms with Gasteiger partial charge in [0.05, 0.1) is 11.1 Å². The van der Waals surface area contributed by atoms with Crippen LogP contribution in [0.4, 0.5) is 13.2 Å². The van der Waals surface area contributed by atoms with Crippen LogP contribution in [-0.2, 0) is 28.5 Å². The van der Waals surface area contributed by atoms with Crippen LogP contribution in [0.3, 0.4) is 0 Å². The van der Waals surface area contributed by atoms with Crippen LogP contribution in [-0.4, -0.2) is 41.4 Å². The van der Waals surface area contributed by atoms with Crippen molar-refractivity contribution in [2.45, 2.75) is 77.0 Å². The number of carbonyl (C=O) groups excluding carboxylic acids is 1. The summed E-state index contributed by atoms with van der Waals surface area (Å²) >= 11 is 0. The Morgan fingerprint density at radius 3 is 2.55 bits per heavy atom. The molecule has 1 unspecified atom stereocenters. The van der Waals surface area contributed by atoms with Crippen LogP contribution in [0.25, 0.3) is 5.78 Å². The molecule has 11 heteroatoms. The lowest BCUT2D eigenvalue weighted by Crippen LogP contribution is -2.46. The maximum absolute atomic E-state index is 13.3. The number of rotatable bonds is 6. The number of halogens is 3. The Hall–Kier alpha value is -3.63. The highest BCUT2D eigenvalue weighted by Gasteiger charge is 2.48. The van der Waals surface area contributed by atoms with Crippen LogP contribution in [0.15, 0.2) is 35.6 Å². The third-order valence-electron chi connectivity index (χ3n) is 7.66. The zero-order valence-corrected chi connectivity index (χ0v) is 21.2. The molecule has 0 bridgehead atoms. The molecule has 8 nitrogen and oxygen atoms in total. The van der Waals surface area contributed by atoms with E-state index in [-0.39, 0.29) is 42.9 Å². The first-order chi connectivity index (χ1) is 17.9. The van der Waals surface area contributed by atoms with Crippen LogP contribution < -0.4 is 0 Å². The number of phenols is 1. The molecule has 1 saturated carbocycles. The predicted octanol–water partition coefficient (Wildman–Crippen LogP) is 5.33. The SMILES string of the molecule is Cc1cc(C)n2nc(CC3=C(O)CC(CCc4ccc(O)c(C(F)(F)F)c4)(C4CCCC4)OC3=O)nc2n1. The fourth-order valence-corrected chi connectivity index (χ4v) is 5.75. The Labute approximate surface area is 217 Å². The number of fused-ring (bicyclic) bond motifs is 1. The summed E-state index contributed by atoms with van der Waals surface area (Å²) in [4.78, 5) is 22.0. The molecule has 1 fully saturated rings. The predicted molar refractivity (Wildman–Crippen MR) is 130 cm³/mol. The second kappa shape index (κ2) is 9.59. The second-order valence-corrected chi connectivity index (χ2v) is 10.3. The number of esters is 1. The fourth-order valence-electron chi connectivity index (χ4n) is 5.75. The summed E-state index contributed by atoms with van der Waals surface area (Å²) in [5.41, 5.74) is -0.0727. The van der Waals surface area contributed by atoms with E-state index in [0.717, 1.165) is 49.2 Å². The van der Waals surface area contributed by atoms with Crippen LogP contribution in [0.2, 0.25) is 0 Å². The van der Waals surface area contributed by atoms with Gasteiger partial charge in [0.25, 0.3) is 5.78 Å². The summed E-state index contributed by atoms with van der Waals surface area (Å²) in [6.07, 6.45) is -0.686. The van der Waals surface area contributed by atoms with E-state index >= 15 is 0 Å². The molecular weight excluding hydrogens is 501 g/mol. The Morgan fingerprint density at radius 1 is 1.13 bits per heavy atom. The van der Waals surface area contributed by atoms with Crippen LogP contribution >= 0.6 is 0 Å². The van der Waals surface area contributed by atoms with Gasteiger partial charge >= 0.3 is 12.1 Å². The summed E-state index contributed by atoms with van der Waals surface area (Å²) in [7, 11) is 0. The molecule has 2 aliphatic rings. The quantitative estimate of drug-likeness (QED) is 0.415. The van der Waals surface area contributed by atoms with Crippen molar-refractivity contribution in [3.8, 4) is 5.75 Å². The van der Waals surface area contributed by atoms with Crippen molar-refractivity contribution in [3.05, 3.63) is 63.9 Å². The van der Waals surface area contributed by atoms with E-state index in [1.807, 2.05) is 19.9 Å². The highest BCUT2D eigenvalue weighted by atomic mass is 19.4. The third-order valence-corrected chi connectivity index (χ3v) is 7.66. The number of ether oxygens (including phenoxy) is 1. The minimum absolute atomic E-state index is 0.0162. The highest BCUT2D eigenvalue weighted by molar-refractivity contribution is 5.90. The summed E-state index contributed by atoms with van der Waals surface area (Å²) in [5.74, 6) is -0.896. The molecule has 3 heterocycles. The molecule has 3 aromatic rings. The smallest absolute Gasteiger partial charge is 0.419 e. The molecule has 38 heavy (non-hydrogen) atoms. The van der Waals surface area contributed by atoms with Crippen molar-refractivity contribution >= 4 is 11.7 Å². The second-order valence-electron chi connectivity index (χ2n) is 10.3. The van der Waals surface area contributed by atoms with Gasteiger partial charge in [0.15, 0.2) is 5.82 Å². The first-order valence-corrected chi connectivity index (χ1v) is 12.7. The van der Waals surface area contributed by atoms with Gasteiger partial charge in [0.1, 0.15) is 17.1 Å². The number of aliphatic hydroxyl groups is 1. The maximum atomic E-state index is 13.3. The number of hydrogen-bond acceptors (Lipinski definition) is 7. The van der Waals surface area contributed by atoms with Gasteiger partial charge in [0.2, 0.25) is 0 Å². The zero-order chi connectivity index (χ0) is 27.2. The molecule has 2 aromatic heterocycles. The maximum Gasteiger partial charge on any atom is 0.419 e. The van der Waals surface area contributed by atoms with Crippen molar-refractivity contribution in [2.75, 3.05) is 0 Å². The molecule has 5 rings (SSSR count). The lowest BCUT2D eigenvalue weighted by atomic mass is 9.76. The van der Waals surface area contributed by atoms with Crippen molar-refractivity contribution in [1.29, 1.82) is 0 Å². The zero-order valence-electron chi connectivity index (χ0n) is 21.2. The number of cyclic esters (lactones) is 1. The molecule has 1 aromatic carbocycles. The molecule has 202 valence electrons. The van der Waals surface area contributed by atoms with E-state index < -0.39 is 29.1 Å². The van der Waals surface area contributed by atoms with E-state index in [0.29, 0.717) is 17.2 Å². The van der Waals surface area contributed by atoms with Crippen molar-refractivity contribution < 1.29 is 32.9 Å². The van der Waals surface area contributed by atoms with E-state index in [2.05, 4.69) is 15.1 Å². The van der Waals surface area contributed by atoms with Gasteiger partial charge in [-0.3, -0.25) is 0 Å². The number of carbonyl (C=O) groups is 1. The lowest BCUT2D eigenvalue weighted by molar-refractivity contribution is -0.167. The van der Waals surface area contributed by atoms with E-state index in [1.54, 1.807) is 4.52 Å². The number of nitrogens with zero attached hydrogens (tertiary/aromatic N) is 4. The first-order valence-electron chi connectivity index (χ1n) is 12.7. The van der Waals surface area contributed by atoms with Gasteiger partial charge in [0, 0.05) is 24.2 Å². The van der Waals surface area contributed by atoms with Crippen molar-refractivity contribution in [1.82, 2.24) is 19.6 Å². The largest absolute Gasteiger partial charge is 0.512 e. The number of aryl methyl sites for hydroxylation is 3. The normalized spacial score (nSPS) is 20.9. The van der Waals surface area contributed by atoms with E-state index in [4.69, 9.17) is 4.74 Å². The number of aromatic hydroxyl groups is 1. The molecule has 1 aliphatic heterocycles. The van der Waals surface area contributed by atoms with Crippen LogP contribution in [0.1, 0.15) is 66.9 Å². The van der Waals surface area contributed by atoms with Gasteiger partial charge in [-0.1, -0.05) is 18.9 Å². The summed E-state index contributed by atoms with van der Waals surface area (Å²) < 4.78 is 47.5. The van der Waals surface area contributed by atoms with Crippen molar-refractivity contribution in [3.63, 3.8) is 0 Å². The molecule has 0 radical (unpaired) electrons. The van der Waals surface area contributed by atoms with Crippen LogP contribution in [0.5, 0.6) is 5.75 Å². The first kappa shape index (κ1) is 26.0. The Morgan fingerprint density at radius 2 is 1.87 bits per heavy atom. The van der Waals surface area contributed by atoms with E-state index in [1.165, 1.54) is 6.07 Å². The minimum atomic E-state index is -4.69. The summed E-state index contributed by atoms with van der Waals surface area (Å²) in [6.45, 7) is 3.71. The average Bonchev–Trinajstić information content (AvgIpc) is 3.51. The monoisotopic (exact) mass is 530 g/mol. The highest BCUT2D eigenvalue weighted by Crippen LogP contribution is 2.46. The Bertz CT molecular complexity index is 1430. The molecule has 1 atom stereocenters. The number of hydrogen-bond donors (Lipinski definition) is 2. The minimum Gasteiger partial charge on any atom is -0.512 e.